The van der Waals surface area contributed by atoms with Crippen molar-refractivity contribution in [2.24, 2.45) is 11.8 Å². The van der Waals surface area contributed by atoms with E-state index in [0.717, 1.165) is 18.4 Å². The predicted octanol–water partition coefficient (Wildman–Crippen LogP) is 5.77. The lowest BCUT2D eigenvalue weighted by Crippen LogP contribution is -2.34. The van der Waals surface area contributed by atoms with Gasteiger partial charge in [-0.1, -0.05) is 39.5 Å². The molecule has 1 N–H and O–H groups in total. The van der Waals surface area contributed by atoms with Crippen molar-refractivity contribution in [2.45, 2.75) is 58.4 Å². The third-order valence-electron chi connectivity index (χ3n) is 4.46. The molecule has 0 radical (unpaired) electrons. The van der Waals surface area contributed by atoms with E-state index >= 15 is 0 Å². The Morgan fingerprint density at radius 3 is 2.79 bits per heavy atom. The summed E-state index contributed by atoms with van der Waals surface area (Å²) in [5, 5.41) is 6.04. The molecule has 1 aromatic heterocycles. The van der Waals surface area contributed by atoms with Crippen molar-refractivity contribution in [1.29, 1.82) is 0 Å². The number of rotatable bonds is 6. The summed E-state index contributed by atoms with van der Waals surface area (Å²) in [6.45, 7) is 5.75. The van der Waals surface area contributed by atoms with Crippen molar-refractivity contribution in [3.8, 4) is 0 Å². The van der Waals surface area contributed by atoms with Crippen LogP contribution in [0.2, 0.25) is 0 Å². The molecule has 0 aromatic carbocycles. The van der Waals surface area contributed by atoms with E-state index in [9.17, 15) is 0 Å². The SMILES string of the molecule is CCCNC(c1sccc1Br)C1CCCCC1CC. The van der Waals surface area contributed by atoms with Crippen molar-refractivity contribution in [3.63, 3.8) is 0 Å². The average molecular weight is 344 g/mol. The highest BCUT2D eigenvalue weighted by Gasteiger charge is 2.32. The summed E-state index contributed by atoms with van der Waals surface area (Å²) in [5.41, 5.74) is 0. The standard InChI is InChI=1S/C16H26BrNS/c1-3-10-18-15(16-14(17)9-11-19-16)13-8-6-5-7-12(13)4-2/h9,11-13,15,18H,3-8,10H2,1-2H3. The lowest BCUT2D eigenvalue weighted by molar-refractivity contribution is 0.177. The first-order valence-electron chi connectivity index (χ1n) is 7.74. The van der Waals surface area contributed by atoms with Gasteiger partial charge in [0.2, 0.25) is 0 Å². The number of thiophene rings is 1. The molecule has 108 valence electrons. The molecule has 1 aromatic rings. The Kier molecular flexibility index (Phi) is 6.37. The summed E-state index contributed by atoms with van der Waals surface area (Å²) in [4.78, 5) is 1.51. The highest BCUT2D eigenvalue weighted by molar-refractivity contribution is 9.10. The largest absolute Gasteiger partial charge is 0.309 e. The highest BCUT2D eigenvalue weighted by atomic mass is 79.9. The molecular formula is C16H26BrNS. The zero-order valence-electron chi connectivity index (χ0n) is 12.1. The minimum absolute atomic E-state index is 0.555. The van der Waals surface area contributed by atoms with Crippen LogP contribution < -0.4 is 5.32 Å². The van der Waals surface area contributed by atoms with Crippen LogP contribution >= 0.6 is 27.3 Å². The summed E-state index contributed by atoms with van der Waals surface area (Å²) >= 11 is 5.64. The van der Waals surface area contributed by atoms with Gasteiger partial charge in [-0.25, -0.2) is 0 Å². The van der Waals surface area contributed by atoms with Gasteiger partial charge in [0.1, 0.15) is 0 Å². The van der Waals surface area contributed by atoms with E-state index in [1.807, 2.05) is 11.3 Å². The number of hydrogen-bond donors (Lipinski definition) is 1. The predicted molar refractivity (Wildman–Crippen MR) is 88.8 cm³/mol. The van der Waals surface area contributed by atoms with Crippen LogP contribution in [0.5, 0.6) is 0 Å². The fourth-order valence-corrected chi connectivity index (χ4v) is 5.22. The average Bonchev–Trinajstić information content (AvgIpc) is 2.86. The topological polar surface area (TPSA) is 12.0 Å². The molecule has 2 rings (SSSR count). The van der Waals surface area contributed by atoms with Crippen LogP contribution in [0.1, 0.15) is 63.3 Å². The van der Waals surface area contributed by atoms with Gasteiger partial charge in [0, 0.05) is 15.4 Å². The maximum Gasteiger partial charge on any atom is 0.0457 e. The van der Waals surface area contributed by atoms with Crippen molar-refractivity contribution in [1.82, 2.24) is 5.32 Å². The molecule has 1 aliphatic carbocycles. The lowest BCUT2D eigenvalue weighted by atomic mass is 9.73. The molecule has 0 aliphatic heterocycles. The molecule has 0 saturated heterocycles. The molecule has 0 spiro atoms. The summed E-state index contributed by atoms with van der Waals surface area (Å²) < 4.78 is 1.30. The van der Waals surface area contributed by atoms with Crippen molar-refractivity contribution >= 4 is 27.3 Å². The van der Waals surface area contributed by atoms with Gasteiger partial charge in [-0.2, -0.15) is 0 Å². The van der Waals surface area contributed by atoms with Crippen LogP contribution in [-0.4, -0.2) is 6.54 Å². The van der Waals surface area contributed by atoms with Crippen LogP contribution in [0.4, 0.5) is 0 Å². The van der Waals surface area contributed by atoms with E-state index in [-0.39, 0.29) is 0 Å². The molecular weight excluding hydrogens is 318 g/mol. The Bertz CT molecular complexity index is 377. The van der Waals surface area contributed by atoms with Crippen molar-refractivity contribution in [2.75, 3.05) is 6.54 Å². The summed E-state index contributed by atoms with van der Waals surface area (Å²) in [7, 11) is 0. The minimum Gasteiger partial charge on any atom is -0.309 e. The Hall–Kier alpha value is 0.140. The van der Waals surface area contributed by atoms with Gasteiger partial charge in [-0.3, -0.25) is 0 Å². The smallest absolute Gasteiger partial charge is 0.0457 e. The Labute approximate surface area is 130 Å². The molecule has 1 nitrogen and oxygen atoms in total. The highest BCUT2D eigenvalue weighted by Crippen LogP contribution is 2.43. The van der Waals surface area contributed by atoms with Gasteiger partial charge >= 0.3 is 0 Å². The number of nitrogens with one attached hydrogen (secondary N) is 1. The molecule has 1 aliphatic rings. The lowest BCUT2D eigenvalue weighted by Gasteiger charge is -2.37. The first-order chi connectivity index (χ1) is 9.27. The van der Waals surface area contributed by atoms with Crippen LogP contribution in [0.3, 0.4) is 0 Å². The van der Waals surface area contributed by atoms with Crippen LogP contribution in [0.15, 0.2) is 15.9 Å². The summed E-state index contributed by atoms with van der Waals surface area (Å²) in [6, 6.07) is 2.75. The van der Waals surface area contributed by atoms with E-state index in [4.69, 9.17) is 0 Å². The normalized spacial score (nSPS) is 25.4. The van der Waals surface area contributed by atoms with E-state index in [1.54, 1.807) is 0 Å². The fourth-order valence-electron chi connectivity index (χ4n) is 3.45. The quantitative estimate of drug-likeness (QED) is 0.691. The first-order valence-corrected chi connectivity index (χ1v) is 9.41. The van der Waals surface area contributed by atoms with E-state index in [1.165, 1.54) is 47.9 Å². The van der Waals surface area contributed by atoms with Gasteiger partial charge < -0.3 is 5.32 Å². The fraction of sp³-hybridized carbons (Fsp3) is 0.750. The molecule has 19 heavy (non-hydrogen) atoms. The second kappa shape index (κ2) is 7.80. The third-order valence-corrected chi connectivity index (χ3v) is 6.42. The van der Waals surface area contributed by atoms with Gasteiger partial charge in [0.05, 0.1) is 0 Å². The Morgan fingerprint density at radius 1 is 1.37 bits per heavy atom. The zero-order chi connectivity index (χ0) is 13.7. The van der Waals surface area contributed by atoms with E-state index < -0.39 is 0 Å². The van der Waals surface area contributed by atoms with Crippen molar-refractivity contribution in [3.05, 3.63) is 20.8 Å². The summed E-state index contributed by atoms with van der Waals surface area (Å²) in [6.07, 6.45) is 8.20. The maximum absolute atomic E-state index is 3.83. The minimum atomic E-state index is 0.555. The zero-order valence-corrected chi connectivity index (χ0v) is 14.5. The number of hydrogen-bond acceptors (Lipinski definition) is 2. The van der Waals surface area contributed by atoms with Crippen LogP contribution in [-0.2, 0) is 0 Å². The van der Waals surface area contributed by atoms with Crippen LogP contribution in [0, 0.1) is 11.8 Å². The Balaban J connectivity index is 2.18. The number of halogens is 1. The molecule has 3 unspecified atom stereocenters. The van der Waals surface area contributed by atoms with Gasteiger partial charge in [-0.15, -0.1) is 11.3 Å². The van der Waals surface area contributed by atoms with E-state index in [0.29, 0.717) is 6.04 Å². The molecule has 1 fully saturated rings. The first kappa shape index (κ1) is 15.5. The Morgan fingerprint density at radius 2 is 2.16 bits per heavy atom. The van der Waals surface area contributed by atoms with Crippen LogP contribution in [0.25, 0.3) is 0 Å². The van der Waals surface area contributed by atoms with Gasteiger partial charge in [0.25, 0.3) is 0 Å². The second-order valence-electron chi connectivity index (χ2n) is 5.68. The molecule has 3 atom stereocenters. The molecule has 1 saturated carbocycles. The molecule has 0 bridgehead atoms. The van der Waals surface area contributed by atoms with Crippen molar-refractivity contribution < 1.29 is 0 Å². The molecule has 0 amide bonds. The summed E-state index contributed by atoms with van der Waals surface area (Å²) in [5.74, 6) is 1.72. The van der Waals surface area contributed by atoms with Gasteiger partial charge in [0.15, 0.2) is 0 Å². The monoisotopic (exact) mass is 343 g/mol. The van der Waals surface area contributed by atoms with E-state index in [2.05, 4.69) is 46.5 Å². The second-order valence-corrected chi connectivity index (χ2v) is 7.48. The third kappa shape index (κ3) is 3.83. The maximum atomic E-state index is 3.83. The molecule has 3 heteroatoms. The van der Waals surface area contributed by atoms with Gasteiger partial charge in [-0.05, 0) is 58.6 Å². The molecule has 1 heterocycles.